The van der Waals surface area contributed by atoms with Gasteiger partial charge in [0.2, 0.25) is 5.91 Å². The van der Waals surface area contributed by atoms with Gasteiger partial charge < -0.3 is 19.8 Å². The number of likely N-dealkylation sites (tertiary alicyclic amines) is 1. The SMILES string of the molecule is O=C(Cc1ccccc1OCc1ccccc1)N1CCCC(O)(CO)CC1. The first-order chi connectivity index (χ1) is 13.1. The summed E-state index contributed by atoms with van der Waals surface area (Å²) in [6.07, 6.45) is 1.88. The van der Waals surface area contributed by atoms with Gasteiger partial charge >= 0.3 is 0 Å². The third kappa shape index (κ3) is 5.31. The monoisotopic (exact) mass is 369 g/mol. The Kier molecular flexibility index (Phi) is 6.48. The second kappa shape index (κ2) is 9.02. The van der Waals surface area contributed by atoms with Crippen molar-refractivity contribution in [3.05, 3.63) is 65.7 Å². The number of aliphatic hydroxyl groups excluding tert-OH is 1. The molecule has 2 N–H and O–H groups in total. The summed E-state index contributed by atoms with van der Waals surface area (Å²) in [6, 6.07) is 17.5. The molecule has 5 nitrogen and oxygen atoms in total. The first-order valence-corrected chi connectivity index (χ1v) is 9.45. The quantitative estimate of drug-likeness (QED) is 0.821. The molecule has 5 heteroatoms. The lowest BCUT2D eigenvalue weighted by Crippen LogP contribution is -2.37. The maximum atomic E-state index is 12.8. The topological polar surface area (TPSA) is 70.0 Å². The van der Waals surface area contributed by atoms with Gasteiger partial charge in [-0.25, -0.2) is 0 Å². The van der Waals surface area contributed by atoms with Crippen molar-refractivity contribution >= 4 is 5.91 Å². The summed E-state index contributed by atoms with van der Waals surface area (Å²) in [5, 5.41) is 19.6. The molecule has 27 heavy (non-hydrogen) atoms. The van der Waals surface area contributed by atoms with E-state index in [1.165, 1.54) is 0 Å². The first kappa shape index (κ1) is 19.4. The highest BCUT2D eigenvalue weighted by molar-refractivity contribution is 5.79. The van der Waals surface area contributed by atoms with Gasteiger partial charge in [0.05, 0.1) is 18.6 Å². The molecule has 0 aliphatic carbocycles. The van der Waals surface area contributed by atoms with E-state index in [9.17, 15) is 15.0 Å². The summed E-state index contributed by atoms with van der Waals surface area (Å²) < 4.78 is 5.94. The normalized spacial score (nSPS) is 20.1. The molecule has 0 spiro atoms. The van der Waals surface area contributed by atoms with Crippen LogP contribution < -0.4 is 4.74 Å². The zero-order chi connectivity index (χ0) is 19.1. The molecule has 0 saturated carbocycles. The van der Waals surface area contributed by atoms with Crippen molar-refractivity contribution in [2.45, 2.75) is 37.9 Å². The van der Waals surface area contributed by atoms with Gasteiger partial charge in [-0.05, 0) is 30.9 Å². The number of aliphatic hydroxyl groups is 2. The number of carbonyl (C=O) groups excluding carboxylic acids is 1. The second-order valence-electron chi connectivity index (χ2n) is 7.18. The van der Waals surface area contributed by atoms with Crippen LogP contribution in [0.3, 0.4) is 0 Å². The van der Waals surface area contributed by atoms with Gasteiger partial charge in [-0.1, -0.05) is 48.5 Å². The van der Waals surface area contributed by atoms with E-state index < -0.39 is 5.60 Å². The molecule has 0 radical (unpaired) electrons. The number of benzene rings is 2. The van der Waals surface area contributed by atoms with E-state index in [4.69, 9.17) is 4.74 Å². The van der Waals surface area contributed by atoms with E-state index in [0.29, 0.717) is 39.0 Å². The van der Waals surface area contributed by atoms with Crippen molar-refractivity contribution in [3.63, 3.8) is 0 Å². The molecule has 1 heterocycles. The second-order valence-corrected chi connectivity index (χ2v) is 7.18. The minimum absolute atomic E-state index is 0.0213. The van der Waals surface area contributed by atoms with E-state index >= 15 is 0 Å². The predicted molar refractivity (Wildman–Crippen MR) is 103 cm³/mol. The fourth-order valence-electron chi connectivity index (χ4n) is 3.39. The zero-order valence-corrected chi connectivity index (χ0v) is 15.5. The van der Waals surface area contributed by atoms with Crippen molar-refractivity contribution in [2.75, 3.05) is 19.7 Å². The fourth-order valence-corrected chi connectivity index (χ4v) is 3.39. The van der Waals surface area contributed by atoms with Gasteiger partial charge in [0.25, 0.3) is 0 Å². The van der Waals surface area contributed by atoms with Crippen LogP contribution in [0.4, 0.5) is 0 Å². The summed E-state index contributed by atoms with van der Waals surface area (Å²) in [5.41, 5.74) is 0.876. The average molecular weight is 369 g/mol. The van der Waals surface area contributed by atoms with Gasteiger partial charge in [-0.15, -0.1) is 0 Å². The Balaban J connectivity index is 1.62. The lowest BCUT2D eigenvalue weighted by Gasteiger charge is -2.24. The zero-order valence-electron chi connectivity index (χ0n) is 15.5. The minimum Gasteiger partial charge on any atom is -0.489 e. The lowest BCUT2D eigenvalue weighted by molar-refractivity contribution is -0.130. The van der Waals surface area contributed by atoms with Crippen LogP contribution in [0.2, 0.25) is 0 Å². The van der Waals surface area contributed by atoms with Crippen LogP contribution in [-0.2, 0) is 17.8 Å². The third-order valence-corrected chi connectivity index (χ3v) is 5.12. The van der Waals surface area contributed by atoms with Gasteiger partial charge in [-0.2, -0.15) is 0 Å². The molecule has 1 unspecified atom stereocenters. The molecule has 2 aromatic rings. The standard InChI is InChI=1S/C22H27NO4/c24-17-22(26)11-6-13-23(14-12-22)21(25)15-19-9-4-5-10-20(19)27-16-18-7-2-1-3-8-18/h1-5,7-10,24,26H,6,11-17H2. The molecule has 1 saturated heterocycles. The van der Waals surface area contributed by atoms with E-state index in [1.54, 1.807) is 4.90 Å². The van der Waals surface area contributed by atoms with Crippen LogP contribution in [0.25, 0.3) is 0 Å². The number of para-hydroxylation sites is 1. The van der Waals surface area contributed by atoms with Crippen molar-refractivity contribution in [1.82, 2.24) is 4.90 Å². The molecule has 1 amide bonds. The minimum atomic E-state index is -1.06. The van der Waals surface area contributed by atoms with Crippen molar-refractivity contribution in [3.8, 4) is 5.75 Å². The van der Waals surface area contributed by atoms with Gasteiger partial charge in [0.15, 0.2) is 0 Å². The number of hydrogen-bond donors (Lipinski definition) is 2. The Morgan fingerprint density at radius 1 is 1.04 bits per heavy atom. The van der Waals surface area contributed by atoms with Gasteiger partial charge in [0, 0.05) is 18.7 Å². The molecule has 1 fully saturated rings. The Bertz CT molecular complexity index is 749. The van der Waals surface area contributed by atoms with E-state index in [1.807, 2.05) is 54.6 Å². The van der Waals surface area contributed by atoms with Crippen molar-refractivity contribution in [1.29, 1.82) is 0 Å². The van der Waals surface area contributed by atoms with Crippen molar-refractivity contribution in [2.24, 2.45) is 0 Å². The largest absolute Gasteiger partial charge is 0.489 e. The Labute approximate surface area is 160 Å². The summed E-state index contributed by atoms with van der Waals surface area (Å²) in [4.78, 5) is 14.6. The van der Waals surface area contributed by atoms with Gasteiger partial charge in [-0.3, -0.25) is 4.79 Å². The highest BCUT2D eigenvalue weighted by atomic mass is 16.5. The average Bonchev–Trinajstić information content (AvgIpc) is 2.90. The molecule has 144 valence electrons. The third-order valence-electron chi connectivity index (χ3n) is 5.12. The smallest absolute Gasteiger partial charge is 0.227 e. The van der Waals surface area contributed by atoms with Crippen LogP contribution in [0.15, 0.2) is 54.6 Å². The molecule has 1 aliphatic rings. The maximum Gasteiger partial charge on any atom is 0.227 e. The number of carbonyl (C=O) groups is 1. The predicted octanol–water partition coefficient (Wildman–Crippen LogP) is 2.54. The van der Waals surface area contributed by atoms with Gasteiger partial charge in [0.1, 0.15) is 12.4 Å². The Hall–Kier alpha value is -2.37. The summed E-state index contributed by atoms with van der Waals surface area (Å²) in [6.45, 7) is 1.27. The Morgan fingerprint density at radius 2 is 1.78 bits per heavy atom. The van der Waals surface area contributed by atoms with Crippen LogP contribution in [0.5, 0.6) is 5.75 Å². The molecule has 0 aromatic heterocycles. The highest BCUT2D eigenvalue weighted by Crippen LogP contribution is 2.24. The molecule has 1 aliphatic heterocycles. The molecule has 1 atom stereocenters. The first-order valence-electron chi connectivity index (χ1n) is 9.45. The van der Waals surface area contributed by atoms with Crippen LogP contribution in [-0.4, -0.2) is 46.3 Å². The fraction of sp³-hybridized carbons (Fsp3) is 0.409. The molecular weight excluding hydrogens is 342 g/mol. The number of hydrogen-bond acceptors (Lipinski definition) is 4. The van der Waals surface area contributed by atoms with Crippen molar-refractivity contribution < 1.29 is 19.7 Å². The summed E-state index contributed by atoms with van der Waals surface area (Å²) in [5.74, 6) is 0.740. The summed E-state index contributed by atoms with van der Waals surface area (Å²) in [7, 11) is 0. The van der Waals surface area contributed by atoms with E-state index in [0.717, 1.165) is 16.9 Å². The lowest BCUT2D eigenvalue weighted by atomic mass is 9.96. The number of ether oxygens (including phenoxy) is 1. The molecule has 3 rings (SSSR count). The highest BCUT2D eigenvalue weighted by Gasteiger charge is 2.30. The van der Waals surface area contributed by atoms with E-state index in [-0.39, 0.29) is 18.9 Å². The Morgan fingerprint density at radius 3 is 2.56 bits per heavy atom. The summed E-state index contributed by atoms with van der Waals surface area (Å²) >= 11 is 0. The van der Waals surface area contributed by atoms with Crippen LogP contribution in [0, 0.1) is 0 Å². The van der Waals surface area contributed by atoms with Crippen LogP contribution in [0.1, 0.15) is 30.4 Å². The molecule has 2 aromatic carbocycles. The molecule has 0 bridgehead atoms. The van der Waals surface area contributed by atoms with Crippen LogP contribution >= 0.6 is 0 Å². The van der Waals surface area contributed by atoms with E-state index in [2.05, 4.69) is 0 Å². The maximum absolute atomic E-state index is 12.8. The number of nitrogens with zero attached hydrogens (tertiary/aromatic N) is 1. The number of amides is 1. The number of rotatable bonds is 6. The molecular formula is C22H27NO4.